The van der Waals surface area contributed by atoms with Crippen molar-refractivity contribution < 1.29 is 9.59 Å². The Morgan fingerprint density at radius 2 is 1.56 bits per heavy atom. The van der Waals surface area contributed by atoms with E-state index in [9.17, 15) is 9.59 Å². The lowest BCUT2D eigenvalue weighted by Crippen LogP contribution is -2.15. The van der Waals surface area contributed by atoms with Crippen LogP contribution >= 0.6 is 0 Å². The Bertz CT molecular complexity index is 626. The summed E-state index contributed by atoms with van der Waals surface area (Å²) in [6, 6.07) is 10.6. The van der Waals surface area contributed by atoms with E-state index in [2.05, 4.69) is 4.98 Å². The molecule has 0 fully saturated rings. The standard InChI is InChI=1S/C15H11NO2/c1-9-5-4-8-16-13(9)12-14(17)10-6-2-3-7-11(10)15(12)18/h2-8,12H,1H3. The Morgan fingerprint density at radius 1 is 0.944 bits per heavy atom. The van der Waals surface area contributed by atoms with E-state index in [0.29, 0.717) is 16.8 Å². The highest BCUT2D eigenvalue weighted by Gasteiger charge is 2.40. The van der Waals surface area contributed by atoms with Gasteiger partial charge in [0, 0.05) is 17.3 Å². The van der Waals surface area contributed by atoms with E-state index in [1.165, 1.54) is 0 Å². The van der Waals surface area contributed by atoms with Gasteiger partial charge in [-0.25, -0.2) is 0 Å². The molecule has 0 aliphatic heterocycles. The second-order valence-electron chi connectivity index (χ2n) is 4.41. The zero-order chi connectivity index (χ0) is 12.7. The fourth-order valence-corrected chi connectivity index (χ4v) is 2.39. The Balaban J connectivity index is 2.16. The van der Waals surface area contributed by atoms with Crippen molar-refractivity contribution in [3.63, 3.8) is 0 Å². The van der Waals surface area contributed by atoms with Gasteiger partial charge in [-0.3, -0.25) is 14.6 Å². The van der Waals surface area contributed by atoms with E-state index in [4.69, 9.17) is 0 Å². The Hall–Kier alpha value is -2.29. The number of carbonyl (C=O) groups is 2. The summed E-state index contributed by atoms with van der Waals surface area (Å²) < 4.78 is 0. The topological polar surface area (TPSA) is 47.0 Å². The van der Waals surface area contributed by atoms with Crippen LogP contribution in [0.3, 0.4) is 0 Å². The monoisotopic (exact) mass is 237 g/mol. The maximum absolute atomic E-state index is 12.3. The fourth-order valence-electron chi connectivity index (χ4n) is 2.39. The highest BCUT2D eigenvalue weighted by atomic mass is 16.2. The van der Waals surface area contributed by atoms with Crippen LogP contribution in [0.1, 0.15) is 37.9 Å². The van der Waals surface area contributed by atoms with Crippen molar-refractivity contribution in [3.05, 3.63) is 65.0 Å². The molecule has 0 spiro atoms. The van der Waals surface area contributed by atoms with Gasteiger partial charge in [-0.15, -0.1) is 0 Å². The molecule has 0 saturated heterocycles. The van der Waals surface area contributed by atoms with Gasteiger partial charge in [0.05, 0.1) is 5.69 Å². The second kappa shape index (κ2) is 3.88. The highest BCUT2D eigenvalue weighted by molar-refractivity contribution is 6.29. The van der Waals surface area contributed by atoms with Crippen LogP contribution < -0.4 is 0 Å². The zero-order valence-electron chi connectivity index (χ0n) is 9.88. The molecule has 3 heteroatoms. The SMILES string of the molecule is Cc1cccnc1C1C(=O)c2ccccc2C1=O. The molecular weight excluding hydrogens is 226 g/mol. The predicted molar refractivity (Wildman–Crippen MR) is 66.8 cm³/mol. The van der Waals surface area contributed by atoms with E-state index in [1.807, 2.05) is 13.0 Å². The van der Waals surface area contributed by atoms with Gasteiger partial charge in [-0.2, -0.15) is 0 Å². The largest absolute Gasteiger partial charge is 0.293 e. The lowest BCUT2D eigenvalue weighted by molar-refractivity contribution is 0.0887. The van der Waals surface area contributed by atoms with Crippen molar-refractivity contribution in [2.75, 3.05) is 0 Å². The van der Waals surface area contributed by atoms with Crippen LogP contribution in [0.25, 0.3) is 0 Å². The molecule has 88 valence electrons. The van der Waals surface area contributed by atoms with Crippen molar-refractivity contribution in [2.24, 2.45) is 0 Å². The zero-order valence-corrected chi connectivity index (χ0v) is 9.88. The van der Waals surface area contributed by atoms with Gasteiger partial charge in [0.25, 0.3) is 0 Å². The first-order chi connectivity index (χ1) is 8.70. The van der Waals surface area contributed by atoms with Gasteiger partial charge < -0.3 is 0 Å². The third kappa shape index (κ3) is 1.40. The summed E-state index contributed by atoms with van der Waals surface area (Å²) in [5.74, 6) is -1.04. The van der Waals surface area contributed by atoms with E-state index in [-0.39, 0.29) is 11.6 Å². The number of aromatic nitrogens is 1. The summed E-state index contributed by atoms with van der Waals surface area (Å²) in [6.07, 6.45) is 1.62. The van der Waals surface area contributed by atoms with E-state index in [1.54, 1.807) is 36.5 Å². The van der Waals surface area contributed by atoms with Crippen molar-refractivity contribution >= 4 is 11.6 Å². The molecule has 0 amide bonds. The summed E-state index contributed by atoms with van der Waals surface area (Å²) >= 11 is 0. The van der Waals surface area contributed by atoms with Crippen molar-refractivity contribution in [3.8, 4) is 0 Å². The number of Topliss-reactive ketones (excluding diaryl/α,β-unsaturated/α-hetero) is 2. The maximum Gasteiger partial charge on any atom is 0.180 e. The minimum absolute atomic E-state index is 0.141. The quantitative estimate of drug-likeness (QED) is 0.716. The van der Waals surface area contributed by atoms with Crippen molar-refractivity contribution in [1.29, 1.82) is 0 Å². The summed E-state index contributed by atoms with van der Waals surface area (Å²) in [7, 11) is 0. The van der Waals surface area contributed by atoms with Crippen LogP contribution in [0.15, 0.2) is 42.6 Å². The molecule has 0 radical (unpaired) electrons. The highest BCUT2D eigenvalue weighted by Crippen LogP contribution is 2.33. The molecule has 0 unspecified atom stereocenters. The Morgan fingerprint density at radius 3 is 2.11 bits per heavy atom. The third-order valence-electron chi connectivity index (χ3n) is 3.31. The van der Waals surface area contributed by atoms with Gasteiger partial charge in [-0.05, 0) is 18.6 Å². The van der Waals surface area contributed by atoms with Gasteiger partial charge in [0.1, 0.15) is 5.92 Å². The number of fused-ring (bicyclic) bond motifs is 1. The van der Waals surface area contributed by atoms with E-state index < -0.39 is 5.92 Å². The number of rotatable bonds is 1. The van der Waals surface area contributed by atoms with Gasteiger partial charge in [0.2, 0.25) is 0 Å². The second-order valence-corrected chi connectivity index (χ2v) is 4.41. The molecule has 3 rings (SSSR count). The van der Waals surface area contributed by atoms with Gasteiger partial charge >= 0.3 is 0 Å². The number of ketones is 2. The van der Waals surface area contributed by atoms with Gasteiger partial charge in [0.15, 0.2) is 11.6 Å². The van der Waals surface area contributed by atoms with Crippen LogP contribution in [-0.4, -0.2) is 16.6 Å². The number of pyridine rings is 1. The number of hydrogen-bond acceptors (Lipinski definition) is 3. The first kappa shape index (κ1) is 10.8. The number of carbonyl (C=O) groups excluding carboxylic acids is 2. The van der Waals surface area contributed by atoms with Crippen LogP contribution in [-0.2, 0) is 0 Å². The van der Waals surface area contributed by atoms with Crippen LogP contribution in [0, 0.1) is 6.92 Å². The third-order valence-corrected chi connectivity index (χ3v) is 3.31. The molecule has 1 aliphatic carbocycles. The number of hydrogen-bond donors (Lipinski definition) is 0. The summed E-state index contributed by atoms with van der Waals surface area (Å²) in [6.45, 7) is 1.87. The fraction of sp³-hybridized carbons (Fsp3) is 0.133. The molecule has 1 aliphatic rings. The molecule has 0 bridgehead atoms. The number of nitrogens with zero attached hydrogens (tertiary/aromatic N) is 1. The maximum atomic E-state index is 12.3. The molecule has 0 atom stereocenters. The molecule has 2 aromatic rings. The first-order valence-corrected chi connectivity index (χ1v) is 5.79. The van der Waals surface area contributed by atoms with Gasteiger partial charge in [-0.1, -0.05) is 30.3 Å². The molecule has 1 heterocycles. The smallest absolute Gasteiger partial charge is 0.180 e. The molecule has 0 saturated carbocycles. The first-order valence-electron chi connectivity index (χ1n) is 5.79. The van der Waals surface area contributed by atoms with E-state index >= 15 is 0 Å². The molecule has 18 heavy (non-hydrogen) atoms. The Kier molecular flexibility index (Phi) is 2.33. The molecule has 3 nitrogen and oxygen atoms in total. The molecular formula is C15H11NO2. The number of aryl methyl sites for hydroxylation is 1. The van der Waals surface area contributed by atoms with Crippen LogP contribution in [0.4, 0.5) is 0 Å². The Labute approximate surface area is 104 Å². The lowest BCUT2D eigenvalue weighted by atomic mass is 9.96. The summed E-state index contributed by atoms with van der Waals surface area (Å²) in [5.41, 5.74) is 2.47. The summed E-state index contributed by atoms with van der Waals surface area (Å²) in [4.78, 5) is 28.8. The average Bonchev–Trinajstić information content (AvgIpc) is 2.64. The minimum Gasteiger partial charge on any atom is -0.293 e. The van der Waals surface area contributed by atoms with Crippen molar-refractivity contribution in [1.82, 2.24) is 4.98 Å². The molecule has 1 aromatic heterocycles. The molecule has 1 aromatic carbocycles. The van der Waals surface area contributed by atoms with Crippen LogP contribution in [0.5, 0.6) is 0 Å². The van der Waals surface area contributed by atoms with Crippen molar-refractivity contribution in [2.45, 2.75) is 12.8 Å². The molecule has 0 N–H and O–H groups in total. The lowest BCUT2D eigenvalue weighted by Gasteiger charge is -2.08. The predicted octanol–water partition coefficient (Wildman–Crippen LogP) is 2.55. The van der Waals surface area contributed by atoms with Crippen LogP contribution in [0.2, 0.25) is 0 Å². The number of benzene rings is 1. The average molecular weight is 237 g/mol. The summed E-state index contributed by atoms with van der Waals surface area (Å²) in [5, 5.41) is 0. The normalized spacial score (nSPS) is 14.9. The van der Waals surface area contributed by atoms with E-state index in [0.717, 1.165) is 5.56 Å². The minimum atomic E-state index is -0.761.